The van der Waals surface area contributed by atoms with E-state index in [0.29, 0.717) is 19.1 Å². The van der Waals surface area contributed by atoms with Gasteiger partial charge in [-0.05, 0) is 12.8 Å². The van der Waals surface area contributed by atoms with Crippen LogP contribution < -0.4 is 5.32 Å². The van der Waals surface area contributed by atoms with E-state index in [4.69, 9.17) is 14.2 Å². The van der Waals surface area contributed by atoms with Crippen LogP contribution in [0.1, 0.15) is 12.8 Å². The number of methoxy groups -OCH3 is 2. The van der Waals surface area contributed by atoms with Crippen LogP contribution in [-0.2, 0) is 14.2 Å². The molecule has 0 aromatic heterocycles. The molecule has 1 atom stereocenters. The number of likely N-dealkylation sites (tertiary alicyclic amines) is 1. The third-order valence-corrected chi connectivity index (χ3v) is 3.39. The summed E-state index contributed by atoms with van der Waals surface area (Å²) in [6.07, 6.45) is 2.15. The van der Waals surface area contributed by atoms with Crippen LogP contribution in [0, 0.1) is 5.92 Å². The van der Waals surface area contributed by atoms with Gasteiger partial charge in [0.25, 0.3) is 0 Å². The fourth-order valence-corrected chi connectivity index (χ4v) is 2.30. The molecule has 0 aromatic carbocycles. The maximum atomic E-state index is 5.60. The smallest absolute Gasteiger partial charge is 0.193 e. The van der Waals surface area contributed by atoms with Gasteiger partial charge in [-0.1, -0.05) is 0 Å². The van der Waals surface area contributed by atoms with Crippen LogP contribution >= 0.6 is 0 Å². The Bertz CT molecular complexity index is 274. The van der Waals surface area contributed by atoms with Gasteiger partial charge in [0.2, 0.25) is 0 Å². The second-order valence-electron chi connectivity index (χ2n) is 4.99. The number of nitrogens with one attached hydrogen (secondary N) is 1. The highest BCUT2D eigenvalue weighted by Gasteiger charge is 2.24. The summed E-state index contributed by atoms with van der Waals surface area (Å²) in [4.78, 5) is 6.64. The molecule has 118 valence electrons. The largest absolute Gasteiger partial charge is 0.385 e. The maximum absolute atomic E-state index is 5.60. The molecule has 0 spiro atoms. The summed E-state index contributed by atoms with van der Waals surface area (Å²) < 4.78 is 15.6. The Balaban J connectivity index is 2.19. The summed E-state index contributed by atoms with van der Waals surface area (Å²) in [5.74, 6) is 1.57. The van der Waals surface area contributed by atoms with Gasteiger partial charge in [0.15, 0.2) is 5.96 Å². The Labute approximate surface area is 122 Å². The second kappa shape index (κ2) is 10.9. The first-order valence-corrected chi connectivity index (χ1v) is 7.33. The molecule has 0 aliphatic carbocycles. The topological polar surface area (TPSA) is 55.3 Å². The predicted octanol–water partition coefficient (Wildman–Crippen LogP) is 0.583. The quantitative estimate of drug-likeness (QED) is 0.382. The van der Waals surface area contributed by atoms with Crippen molar-refractivity contribution in [3.63, 3.8) is 0 Å². The van der Waals surface area contributed by atoms with Crippen LogP contribution in [0.25, 0.3) is 0 Å². The van der Waals surface area contributed by atoms with Crippen molar-refractivity contribution >= 4 is 5.96 Å². The zero-order chi connectivity index (χ0) is 14.6. The molecule has 1 heterocycles. The van der Waals surface area contributed by atoms with Gasteiger partial charge in [0.05, 0.1) is 19.8 Å². The lowest BCUT2D eigenvalue weighted by Gasteiger charge is -2.21. The van der Waals surface area contributed by atoms with E-state index in [9.17, 15) is 0 Å². The number of rotatable bonds is 9. The van der Waals surface area contributed by atoms with Gasteiger partial charge in [-0.25, -0.2) is 0 Å². The van der Waals surface area contributed by atoms with Crippen molar-refractivity contribution in [3.05, 3.63) is 0 Å². The molecule has 0 aromatic rings. The molecule has 0 saturated carbocycles. The van der Waals surface area contributed by atoms with Crippen molar-refractivity contribution < 1.29 is 14.2 Å². The van der Waals surface area contributed by atoms with Gasteiger partial charge in [0.1, 0.15) is 0 Å². The standard InChI is InChI=1S/C14H29N3O3/c1-15-14(16-6-4-8-18-2)17-7-5-13(11-17)12-20-10-9-19-3/h13H,4-12H2,1-3H3,(H,15,16). The predicted molar refractivity (Wildman–Crippen MR) is 80.2 cm³/mol. The Morgan fingerprint density at radius 1 is 1.25 bits per heavy atom. The number of aliphatic imine (C=N–C) groups is 1. The van der Waals surface area contributed by atoms with Crippen molar-refractivity contribution in [2.45, 2.75) is 12.8 Å². The Morgan fingerprint density at radius 3 is 2.75 bits per heavy atom. The SMILES string of the molecule is CN=C(NCCCOC)N1CCC(COCCOC)C1. The maximum Gasteiger partial charge on any atom is 0.193 e. The third kappa shape index (κ3) is 6.54. The van der Waals surface area contributed by atoms with E-state index in [1.165, 1.54) is 0 Å². The lowest BCUT2D eigenvalue weighted by molar-refractivity contribution is 0.0536. The molecule has 1 unspecified atom stereocenters. The summed E-state index contributed by atoms with van der Waals surface area (Å²) in [7, 11) is 5.25. The minimum Gasteiger partial charge on any atom is -0.385 e. The van der Waals surface area contributed by atoms with Gasteiger partial charge < -0.3 is 24.4 Å². The minimum absolute atomic E-state index is 0.587. The highest BCUT2D eigenvalue weighted by Crippen LogP contribution is 2.16. The Morgan fingerprint density at radius 2 is 2.05 bits per heavy atom. The van der Waals surface area contributed by atoms with Crippen LogP contribution in [0.2, 0.25) is 0 Å². The zero-order valence-electron chi connectivity index (χ0n) is 13.1. The fraction of sp³-hybridized carbons (Fsp3) is 0.929. The summed E-state index contributed by atoms with van der Waals surface area (Å²) in [5, 5.41) is 3.38. The molecule has 6 nitrogen and oxygen atoms in total. The van der Waals surface area contributed by atoms with Crippen molar-refractivity contribution in [1.82, 2.24) is 10.2 Å². The van der Waals surface area contributed by atoms with E-state index in [1.54, 1.807) is 14.2 Å². The molecule has 0 bridgehead atoms. The molecule has 1 rings (SSSR count). The van der Waals surface area contributed by atoms with E-state index in [2.05, 4.69) is 15.2 Å². The summed E-state index contributed by atoms with van der Waals surface area (Å²) in [6.45, 7) is 5.88. The monoisotopic (exact) mass is 287 g/mol. The zero-order valence-corrected chi connectivity index (χ0v) is 13.1. The molecule has 1 fully saturated rings. The molecular formula is C14H29N3O3. The molecular weight excluding hydrogens is 258 g/mol. The minimum atomic E-state index is 0.587. The van der Waals surface area contributed by atoms with Crippen LogP contribution in [-0.4, -0.2) is 78.2 Å². The molecule has 0 radical (unpaired) electrons. The van der Waals surface area contributed by atoms with Crippen molar-refractivity contribution in [3.8, 4) is 0 Å². The normalized spacial score (nSPS) is 19.6. The van der Waals surface area contributed by atoms with Gasteiger partial charge >= 0.3 is 0 Å². The fourth-order valence-electron chi connectivity index (χ4n) is 2.30. The van der Waals surface area contributed by atoms with Crippen LogP contribution in [0.4, 0.5) is 0 Å². The average Bonchev–Trinajstić information content (AvgIpc) is 2.92. The van der Waals surface area contributed by atoms with Crippen molar-refractivity contribution in [1.29, 1.82) is 0 Å². The second-order valence-corrected chi connectivity index (χ2v) is 4.99. The first-order valence-electron chi connectivity index (χ1n) is 7.33. The molecule has 0 amide bonds. The molecule has 1 aliphatic rings. The number of hydrogen-bond acceptors (Lipinski definition) is 4. The van der Waals surface area contributed by atoms with Gasteiger partial charge in [-0.15, -0.1) is 0 Å². The van der Waals surface area contributed by atoms with Crippen LogP contribution in [0.3, 0.4) is 0 Å². The lowest BCUT2D eigenvalue weighted by Crippen LogP contribution is -2.40. The van der Waals surface area contributed by atoms with Crippen LogP contribution in [0.5, 0.6) is 0 Å². The summed E-state index contributed by atoms with van der Waals surface area (Å²) in [5.41, 5.74) is 0. The van der Waals surface area contributed by atoms with Gasteiger partial charge in [-0.3, -0.25) is 4.99 Å². The average molecular weight is 287 g/mol. The van der Waals surface area contributed by atoms with Crippen molar-refractivity contribution in [2.75, 3.05) is 67.3 Å². The van der Waals surface area contributed by atoms with E-state index in [0.717, 1.165) is 51.6 Å². The summed E-state index contributed by atoms with van der Waals surface area (Å²) in [6, 6.07) is 0. The number of guanidine groups is 1. The molecule has 1 saturated heterocycles. The highest BCUT2D eigenvalue weighted by molar-refractivity contribution is 5.80. The van der Waals surface area contributed by atoms with E-state index in [1.807, 2.05) is 7.05 Å². The highest BCUT2D eigenvalue weighted by atomic mass is 16.5. The first kappa shape index (κ1) is 17.2. The van der Waals surface area contributed by atoms with E-state index >= 15 is 0 Å². The molecule has 1 aliphatic heterocycles. The molecule has 6 heteroatoms. The van der Waals surface area contributed by atoms with Crippen LogP contribution in [0.15, 0.2) is 4.99 Å². The molecule has 20 heavy (non-hydrogen) atoms. The number of hydrogen-bond donors (Lipinski definition) is 1. The summed E-state index contributed by atoms with van der Waals surface area (Å²) >= 11 is 0. The third-order valence-electron chi connectivity index (χ3n) is 3.39. The lowest BCUT2D eigenvalue weighted by atomic mass is 10.1. The number of ether oxygens (including phenoxy) is 3. The Kier molecular flexibility index (Phi) is 9.36. The number of nitrogens with zero attached hydrogens (tertiary/aromatic N) is 2. The van der Waals surface area contributed by atoms with Crippen molar-refractivity contribution in [2.24, 2.45) is 10.9 Å². The van der Waals surface area contributed by atoms with E-state index in [-0.39, 0.29) is 0 Å². The van der Waals surface area contributed by atoms with Gasteiger partial charge in [-0.2, -0.15) is 0 Å². The molecule has 1 N–H and O–H groups in total. The van der Waals surface area contributed by atoms with E-state index < -0.39 is 0 Å². The first-order chi connectivity index (χ1) is 9.81. The Hall–Kier alpha value is -0.850. The van der Waals surface area contributed by atoms with Gasteiger partial charge in [0, 0.05) is 53.4 Å².